The number of nitrogens with zero attached hydrogens (tertiary/aromatic N) is 3. The topological polar surface area (TPSA) is 58.5 Å². The molecule has 2 aromatic carbocycles. The second kappa shape index (κ2) is 4.73. The lowest BCUT2D eigenvalue weighted by molar-refractivity contribution is -0.384. The quantitative estimate of drug-likeness (QED) is 0.495. The fourth-order valence-electron chi connectivity index (χ4n) is 3.59. The van der Waals surface area contributed by atoms with Crippen LogP contribution in [0.2, 0.25) is 0 Å². The van der Waals surface area contributed by atoms with Crippen LogP contribution in [0.5, 0.6) is 0 Å². The number of nitro groups is 1. The maximum Gasteiger partial charge on any atom is 0.269 e. The molecule has 5 heteroatoms. The molecule has 4 rings (SSSR count). The first kappa shape index (κ1) is 14.1. The van der Waals surface area contributed by atoms with Crippen LogP contribution >= 0.6 is 0 Å². The number of benzene rings is 2. The number of aliphatic imine (C=N–C) groups is 1. The minimum Gasteiger partial charge on any atom is -0.266 e. The average molecular weight is 307 g/mol. The van der Waals surface area contributed by atoms with E-state index in [0.717, 1.165) is 16.8 Å². The predicted octanol–water partition coefficient (Wildman–Crippen LogP) is 3.56. The summed E-state index contributed by atoms with van der Waals surface area (Å²) in [5, 5.41) is 10.8. The molecule has 0 radical (unpaired) electrons. The van der Waals surface area contributed by atoms with Crippen LogP contribution < -0.4 is 0 Å². The van der Waals surface area contributed by atoms with Crippen molar-refractivity contribution in [2.75, 3.05) is 0 Å². The highest BCUT2D eigenvalue weighted by molar-refractivity contribution is 6.08. The number of hydrogen-bond acceptors (Lipinski definition) is 4. The van der Waals surface area contributed by atoms with E-state index in [1.807, 2.05) is 30.3 Å². The lowest BCUT2D eigenvalue weighted by Crippen LogP contribution is -2.25. The van der Waals surface area contributed by atoms with Crippen molar-refractivity contribution in [3.05, 3.63) is 75.8 Å². The van der Waals surface area contributed by atoms with E-state index in [9.17, 15) is 10.1 Å². The van der Waals surface area contributed by atoms with Crippen molar-refractivity contribution in [2.24, 2.45) is 4.99 Å². The normalized spacial score (nSPS) is 27.2. The van der Waals surface area contributed by atoms with E-state index in [1.54, 1.807) is 12.1 Å². The molecule has 3 atom stereocenters. The highest BCUT2D eigenvalue weighted by Crippen LogP contribution is 2.54. The van der Waals surface area contributed by atoms with Gasteiger partial charge in [-0.1, -0.05) is 42.5 Å². The van der Waals surface area contributed by atoms with Crippen LogP contribution in [0.25, 0.3) is 0 Å². The van der Waals surface area contributed by atoms with Gasteiger partial charge in [0.25, 0.3) is 5.69 Å². The van der Waals surface area contributed by atoms with E-state index in [-0.39, 0.29) is 28.4 Å². The molecule has 23 heavy (non-hydrogen) atoms. The third-order valence-electron chi connectivity index (χ3n) is 4.63. The van der Waals surface area contributed by atoms with Crippen molar-refractivity contribution in [2.45, 2.75) is 31.6 Å². The van der Waals surface area contributed by atoms with E-state index in [2.05, 4.69) is 30.9 Å². The molecule has 2 aliphatic rings. The summed E-state index contributed by atoms with van der Waals surface area (Å²) < 4.78 is 0. The lowest BCUT2D eigenvalue weighted by Gasteiger charge is -2.20. The number of hydrogen-bond donors (Lipinski definition) is 0. The average Bonchev–Trinajstić information content (AvgIpc) is 3.23. The second-order valence-corrected chi connectivity index (χ2v) is 6.50. The Morgan fingerprint density at radius 1 is 1.04 bits per heavy atom. The van der Waals surface area contributed by atoms with Crippen LogP contribution in [0.15, 0.2) is 59.6 Å². The number of non-ortho nitro benzene ring substituents is 1. The van der Waals surface area contributed by atoms with Crippen LogP contribution in [0, 0.1) is 10.1 Å². The molecule has 0 saturated carbocycles. The second-order valence-electron chi connectivity index (χ2n) is 6.50. The molecule has 1 saturated heterocycles. The van der Waals surface area contributed by atoms with Crippen molar-refractivity contribution >= 4 is 11.4 Å². The van der Waals surface area contributed by atoms with Crippen molar-refractivity contribution in [1.29, 1.82) is 0 Å². The van der Waals surface area contributed by atoms with Crippen molar-refractivity contribution < 1.29 is 4.92 Å². The van der Waals surface area contributed by atoms with Gasteiger partial charge in [0, 0.05) is 12.1 Å². The van der Waals surface area contributed by atoms with Crippen molar-refractivity contribution in [3.63, 3.8) is 0 Å². The predicted molar refractivity (Wildman–Crippen MR) is 88.5 cm³/mol. The smallest absolute Gasteiger partial charge is 0.266 e. The fourth-order valence-corrected chi connectivity index (χ4v) is 3.59. The first-order chi connectivity index (χ1) is 11.0. The largest absolute Gasteiger partial charge is 0.269 e. The van der Waals surface area contributed by atoms with Gasteiger partial charge in [0.05, 0.1) is 22.7 Å². The minimum atomic E-state index is -0.363. The summed E-state index contributed by atoms with van der Waals surface area (Å²) in [6.45, 7) is 4.22. The van der Waals surface area contributed by atoms with E-state index < -0.39 is 0 Å². The minimum absolute atomic E-state index is 0.130. The molecule has 2 heterocycles. The van der Waals surface area contributed by atoms with Gasteiger partial charge in [-0.05, 0) is 25.0 Å². The standard InChI is InChI=1S/C18H17N3O2/c1-18(2)19-15(12-6-4-3-5-7-12)17-16(20(17)18)13-8-10-14(11-9-13)21(22)23/h3-11,16-17H,1-2H3/t16-,17-,20?/m0/s1. The molecule has 5 nitrogen and oxygen atoms in total. The molecular formula is C18H17N3O2. The SMILES string of the molecule is CC1(C)N=C(c2ccccc2)[C@H]2[C@H](c3ccc([N+](=O)[O-])cc3)N21. The Labute approximate surface area is 134 Å². The van der Waals surface area contributed by atoms with Crippen LogP contribution in [0.3, 0.4) is 0 Å². The third kappa shape index (κ3) is 2.16. The molecule has 116 valence electrons. The van der Waals surface area contributed by atoms with Gasteiger partial charge in [0.1, 0.15) is 5.66 Å². The van der Waals surface area contributed by atoms with E-state index >= 15 is 0 Å². The van der Waals surface area contributed by atoms with E-state index in [0.29, 0.717) is 0 Å². The Kier molecular flexibility index (Phi) is 2.90. The maximum atomic E-state index is 10.8. The summed E-state index contributed by atoms with van der Waals surface area (Å²) in [5.41, 5.74) is 3.25. The highest BCUT2D eigenvalue weighted by Gasteiger charge is 2.62. The zero-order valence-electron chi connectivity index (χ0n) is 13.0. The van der Waals surface area contributed by atoms with Crippen LogP contribution in [-0.2, 0) is 0 Å². The summed E-state index contributed by atoms with van der Waals surface area (Å²) in [7, 11) is 0. The van der Waals surface area contributed by atoms with Crippen LogP contribution in [-0.4, -0.2) is 27.2 Å². The van der Waals surface area contributed by atoms with Gasteiger partial charge in [0.2, 0.25) is 0 Å². The van der Waals surface area contributed by atoms with Gasteiger partial charge in [-0.3, -0.25) is 20.0 Å². The molecular weight excluding hydrogens is 290 g/mol. The van der Waals surface area contributed by atoms with Crippen LogP contribution in [0.4, 0.5) is 5.69 Å². The molecule has 0 spiro atoms. The Balaban J connectivity index is 1.67. The van der Waals surface area contributed by atoms with Gasteiger partial charge in [0.15, 0.2) is 0 Å². The van der Waals surface area contributed by atoms with Gasteiger partial charge < -0.3 is 0 Å². The first-order valence-electron chi connectivity index (χ1n) is 7.67. The van der Waals surface area contributed by atoms with Crippen LogP contribution in [0.1, 0.15) is 31.0 Å². The summed E-state index contributed by atoms with van der Waals surface area (Å²) in [4.78, 5) is 17.7. The third-order valence-corrected chi connectivity index (χ3v) is 4.63. The molecule has 2 aromatic rings. The first-order valence-corrected chi connectivity index (χ1v) is 7.67. The molecule has 0 aromatic heterocycles. The molecule has 2 aliphatic heterocycles. The zero-order valence-corrected chi connectivity index (χ0v) is 13.0. The zero-order chi connectivity index (χ0) is 16.2. The number of rotatable bonds is 3. The Morgan fingerprint density at radius 3 is 2.30 bits per heavy atom. The molecule has 0 N–H and O–H groups in total. The Bertz CT molecular complexity index is 797. The molecule has 0 amide bonds. The van der Waals surface area contributed by atoms with Gasteiger partial charge in [-0.15, -0.1) is 0 Å². The maximum absolute atomic E-state index is 10.8. The number of nitro benzene ring substituents is 1. The highest BCUT2D eigenvalue weighted by atomic mass is 16.6. The van der Waals surface area contributed by atoms with Gasteiger partial charge in [-0.25, -0.2) is 0 Å². The Hall–Kier alpha value is -2.53. The van der Waals surface area contributed by atoms with Crippen molar-refractivity contribution in [1.82, 2.24) is 4.90 Å². The summed E-state index contributed by atoms with van der Waals surface area (Å²) >= 11 is 0. The summed E-state index contributed by atoms with van der Waals surface area (Å²) in [6, 6.07) is 17.6. The molecule has 1 unspecified atom stereocenters. The van der Waals surface area contributed by atoms with E-state index in [4.69, 9.17) is 4.99 Å². The molecule has 1 fully saturated rings. The number of fused-ring (bicyclic) bond motifs is 1. The Morgan fingerprint density at radius 2 is 1.70 bits per heavy atom. The van der Waals surface area contributed by atoms with E-state index in [1.165, 1.54) is 0 Å². The molecule has 0 bridgehead atoms. The molecule has 0 aliphatic carbocycles. The van der Waals surface area contributed by atoms with Crippen molar-refractivity contribution in [3.8, 4) is 0 Å². The van der Waals surface area contributed by atoms with Gasteiger partial charge >= 0.3 is 0 Å². The summed E-state index contributed by atoms with van der Waals surface area (Å²) in [5.74, 6) is 0. The summed E-state index contributed by atoms with van der Waals surface area (Å²) in [6.07, 6.45) is 0. The lowest BCUT2D eigenvalue weighted by atomic mass is 10.0. The monoisotopic (exact) mass is 307 g/mol. The fraction of sp³-hybridized carbons (Fsp3) is 0.278. The van der Waals surface area contributed by atoms with Gasteiger partial charge in [-0.2, -0.15) is 0 Å².